The summed E-state index contributed by atoms with van der Waals surface area (Å²) in [5.41, 5.74) is -0.251. The smallest absolute Gasteiger partial charge is 0.327 e. The molecule has 3 rings (SSSR count). The van der Waals surface area contributed by atoms with E-state index in [2.05, 4.69) is 19.9 Å². The minimum atomic E-state index is -0.407. The number of aryl methyl sites for hydroxylation is 1. The average Bonchev–Trinajstić information content (AvgIpc) is 3.05. The van der Waals surface area contributed by atoms with E-state index in [1.165, 1.54) is 11.7 Å². The number of nitrogens with one attached hydrogen (secondary N) is 2. The van der Waals surface area contributed by atoms with E-state index in [0.29, 0.717) is 31.1 Å². The molecule has 2 aromatic rings. The molecule has 0 bridgehead atoms. The number of fused-ring (bicyclic) bond motifs is 1. The van der Waals surface area contributed by atoms with Crippen molar-refractivity contribution in [2.45, 2.75) is 52.0 Å². The van der Waals surface area contributed by atoms with Crippen molar-refractivity contribution in [3.63, 3.8) is 0 Å². The van der Waals surface area contributed by atoms with E-state index in [4.69, 9.17) is 9.47 Å². The van der Waals surface area contributed by atoms with Crippen LogP contribution in [0.15, 0.2) is 9.59 Å². The molecular formula is C20H31N5O5. The Labute approximate surface area is 174 Å². The zero-order valence-electron chi connectivity index (χ0n) is 17.7. The van der Waals surface area contributed by atoms with Crippen molar-refractivity contribution in [2.75, 3.05) is 33.4 Å². The van der Waals surface area contributed by atoms with Crippen LogP contribution in [-0.2, 0) is 16.1 Å². The summed E-state index contributed by atoms with van der Waals surface area (Å²) < 4.78 is 11.8. The largest absolute Gasteiger partial charge is 0.469 e. The Hall–Kier alpha value is -2.62. The van der Waals surface area contributed by atoms with Crippen LogP contribution < -0.4 is 16.0 Å². The van der Waals surface area contributed by atoms with Crippen LogP contribution in [0.5, 0.6) is 6.01 Å². The van der Waals surface area contributed by atoms with Crippen molar-refractivity contribution in [1.82, 2.24) is 24.4 Å². The van der Waals surface area contributed by atoms with Crippen LogP contribution >= 0.6 is 0 Å². The Morgan fingerprint density at radius 1 is 1.17 bits per heavy atom. The highest BCUT2D eigenvalue weighted by atomic mass is 16.5. The second-order valence-corrected chi connectivity index (χ2v) is 7.77. The maximum atomic E-state index is 12.3. The number of aromatic amines is 2. The number of hydrogen-bond donors (Lipinski definition) is 2. The lowest BCUT2D eigenvalue weighted by atomic mass is 9.93. The number of carbonyl (C=O) groups is 1. The predicted molar refractivity (Wildman–Crippen MR) is 112 cm³/mol. The van der Waals surface area contributed by atoms with E-state index in [-0.39, 0.29) is 23.2 Å². The third-order valence-corrected chi connectivity index (χ3v) is 5.59. The number of hydrogen-bond acceptors (Lipinski definition) is 7. The molecule has 3 heterocycles. The van der Waals surface area contributed by atoms with Gasteiger partial charge in [-0.3, -0.25) is 24.1 Å². The van der Waals surface area contributed by atoms with Gasteiger partial charge in [-0.05, 0) is 51.2 Å². The molecule has 0 unspecified atom stereocenters. The van der Waals surface area contributed by atoms with Crippen molar-refractivity contribution in [2.24, 2.45) is 5.92 Å². The summed E-state index contributed by atoms with van der Waals surface area (Å²) >= 11 is 0. The summed E-state index contributed by atoms with van der Waals surface area (Å²) in [5, 5.41) is 0. The first-order valence-corrected chi connectivity index (χ1v) is 10.7. The highest BCUT2D eigenvalue weighted by molar-refractivity contribution is 5.69. The van der Waals surface area contributed by atoms with Gasteiger partial charge in [-0.2, -0.15) is 4.98 Å². The molecular weight excluding hydrogens is 390 g/mol. The molecule has 166 valence electrons. The van der Waals surface area contributed by atoms with E-state index in [1.54, 1.807) is 0 Å². The van der Waals surface area contributed by atoms with Gasteiger partial charge in [0.2, 0.25) is 0 Å². The molecule has 0 spiro atoms. The third kappa shape index (κ3) is 5.50. The SMILES string of the molecule is CCCCOc1nc2c([nH]c(=O)n2CCCN2CCC(CC(=O)OC)CC2)c(=O)[nH]1. The summed E-state index contributed by atoms with van der Waals surface area (Å²) in [7, 11) is 1.42. The van der Waals surface area contributed by atoms with Crippen molar-refractivity contribution in [1.29, 1.82) is 0 Å². The fourth-order valence-electron chi connectivity index (χ4n) is 3.79. The summed E-state index contributed by atoms with van der Waals surface area (Å²) in [6.07, 6.45) is 5.02. The maximum Gasteiger partial charge on any atom is 0.327 e. The van der Waals surface area contributed by atoms with Crippen LogP contribution in [-0.4, -0.2) is 63.7 Å². The molecule has 1 aliphatic heterocycles. The standard InChI is InChI=1S/C20H31N5O5/c1-3-4-12-30-19-22-17-16(18(27)23-19)21-20(28)25(17)9-5-8-24-10-6-14(7-11-24)13-15(26)29-2/h14H,3-13H2,1-2H3,(H,21,28)(H,22,23,27). The number of nitrogens with zero attached hydrogens (tertiary/aromatic N) is 3. The number of likely N-dealkylation sites (tertiary alicyclic amines) is 1. The Balaban J connectivity index is 1.57. The van der Waals surface area contributed by atoms with Crippen LogP contribution in [0.4, 0.5) is 0 Å². The van der Waals surface area contributed by atoms with E-state index in [9.17, 15) is 14.4 Å². The number of ether oxygens (including phenoxy) is 2. The fourth-order valence-corrected chi connectivity index (χ4v) is 3.79. The molecule has 1 fully saturated rings. The molecule has 1 aliphatic rings. The molecule has 10 nitrogen and oxygen atoms in total. The van der Waals surface area contributed by atoms with Crippen molar-refractivity contribution >= 4 is 17.1 Å². The Bertz CT molecular complexity index is 955. The zero-order chi connectivity index (χ0) is 21.5. The number of carbonyl (C=O) groups excluding carboxylic acids is 1. The third-order valence-electron chi connectivity index (χ3n) is 5.59. The number of unbranched alkanes of at least 4 members (excludes halogenated alkanes) is 1. The topological polar surface area (TPSA) is 122 Å². The van der Waals surface area contributed by atoms with Gasteiger partial charge in [0.25, 0.3) is 11.6 Å². The summed E-state index contributed by atoms with van der Waals surface area (Å²) in [4.78, 5) is 47.8. The molecule has 0 saturated carbocycles. The molecule has 1 saturated heterocycles. The van der Waals surface area contributed by atoms with Crippen molar-refractivity contribution < 1.29 is 14.3 Å². The van der Waals surface area contributed by atoms with Crippen LogP contribution in [0.25, 0.3) is 11.2 Å². The van der Waals surface area contributed by atoms with Gasteiger partial charge in [0, 0.05) is 13.0 Å². The first-order valence-electron chi connectivity index (χ1n) is 10.7. The summed E-state index contributed by atoms with van der Waals surface area (Å²) in [5.74, 6) is 0.236. The number of esters is 1. The number of rotatable bonds is 10. The van der Waals surface area contributed by atoms with E-state index in [0.717, 1.165) is 51.7 Å². The van der Waals surface area contributed by atoms with Crippen LogP contribution in [0.3, 0.4) is 0 Å². The summed E-state index contributed by atoms with van der Waals surface area (Å²) in [6, 6.07) is 0.140. The van der Waals surface area contributed by atoms with Gasteiger partial charge in [-0.15, -0.1) is 0 Å². The van der Waals surface area contributed by atoms with Crippen LogP contribution in [0, 0.1) is 5.92 Å². The fraction of sp³-hybridized carbons (Fsp3) is 0.700. The van der Waals surface area contributed by atoms with Gasteiger partial charge in [-0.1, -0.05) is 13.3 Å². The first kappa shape index (κ1) is 22.1. The van der Waals surface area contributed by atoms with Gasteiger partial charge < -0.3 is 14.4 Å². The lowest BCUT2D eigenvalue weighted by Crippen LogP contribution is -2.35. The van der Waals surface area contributed by atoms with Crippen molar-refractivity contribution in [3.05, 3.63) is 20.8 Å². The Morgan fingerprint density at radius 3 is 2.63 bits per heavy atom. The Kier molecular flexibility index (Phi) is 7.67. The maximum absolute atomic E-state index is 12.3. The zero-order valence-corrected chi connectivity index (χ0v) is 17.7. The first-order chi connectivity index (χ1) is 14.5. The number of piperidine rings is 1. The van der Waals surface area contributed by atoms with Gasteiger partial charge in [-0.25, -0.2) is 4.79 Å². The molecule has 2 N–H and O–H groups in total. The monoisotopic (exact) mass is 421 g/mol. The Morgan fingerprint density at radius 2 is 1.93 bits per heavy atom. The molecule has 0 atom stereocenters. The average molecular weight is 421 g/mol. The molecule has 0 aromatic carbocycles. The number of methoxy groups -OCH3 is 1. The highest BCUT2D eigenvalue weighted by Crippen LogP contribution is 2.21. The van der Waals surface area contributed by atoms with E-state index < -0.39 is 5.56 Å². The molecule has 10 heteroatoms. The van der Waals surface area contributed by atoms with Crippen LogP contribution in [0.2, 0.25) is 0 Å². The van der Waals surface area contributed by atoms with E-state index >= 15 is 0 Å². The molecule has 0 amide bonds. The van der Waals surface area contributed by atoms with Gasteiger partial charge in [0.1, 0.15) is 0 Å². The second kappa shape index (κ2) is 10.4. The predicted octanol–water partition coefficient (Wildman–Crippen LogP) is 1.26. The summed E-state index contributed by atoms with van der Waals surface area (Å²) in [6.45, 7) is 5.67. The molecule has 0 aliphatic carbocycles. The highest BCUT2D eigenvalue weighted by Gasteiger charge is 2.22. The second-order valence-electron chi connectivity index (χ2n) is 7.77. The van der Waals surface area contributed by atoms with Gasteiger partial charge >= 0.3 is 11.7 Å². The number of aromatic nitrogens is 4. The molecule has 0 radical (unpaired) electrons. The molecule has 30 heavy (non-hydrogen) atoms. The number of imidazole rings is 1. The molecule has 2 aromatic heterocycles. The van der Waals surface area contributed by atoms with Crippen LogP contribution in [0.1, 0.15) is 45.4 Å². The number of H-pyrrole nitrogens is 2. The van der Waals surface area contributed by atoms with Gasteiger partial charge in [0.05, 0.1) is 13.7 Å². The van der Waals surface area contributed by atoms with Crippen molar-refractivity contribution in [3.8, 4) is 6.01 Å². The lowest BCUT2D eigenvalue weighted by Gasteiger charge is -2.31. The lowest BCUT2D eigenvalue weighted by molar-refractivity contribution is -0.142. The normalized spacial score (nSPS) is 15.5. The minimum absolute atomic E-state index is 0.140. The quantitative estimate of drug-likeness (QED) is 0.437. The van der Waals surface area contributed by atoms with E-state index in [1.807, 2.05) is 6.92 Å². The minimum Gasteiger partial charge on any atom is -0.469 e. The van der Waals surface area contributed by atoms with Gasteiger partial charge in [0.15, 0.2) is 11.2 Å².